The second-order valence-corrected chi connectivity index (χ2v) is 17.4. The molecule has 0 aromatic heterocycles. The van der Waals surface area contributed by atoms with Crippen LogP contribution < -0.4 is 10.2 Å². The van der Waals surface area contributed by atoms with Gasteiger partial charge in [0.15, 0.2) is 0 Å². The molecule has 56 heavy (non-hydrogen) atoms. The van der Waals surface area contributed by atoms with Crippen LogP contribution in [0.5, 0.6) is 0 Å². The fraction of sp³-hybridized carbons (Fsp3) is 0.894. The van der Waals surface area contributed by atoms with Gasteiger partial charge in [-0.2, -0.15) is 0 Å². The van der Waals surface area contributed by atoms with Gasteiger partial charge in [0.05, 0.1) is 52.0 Å². The maximum atomic E-state index is 13.0. The van der Waals surface area contributed by atoms with Crippen LogP contribution in [0, 0.1) is 0 Å². The van der Waals surface area contributed by atoms with Crippen molar-refractivity contribution in [2.45, 2.75) is 231 Å². The van der Waals surface area contributed by atoms with Crippen molar-refractivity contribution in [3.05, 3.63) is 24.3 Å². The summed E-state index contributed by atoms with van der Waals surface area (Å²) in [4.78, 5) is 25.8. The Morgan fingerprint density at radius 3 is 1.46 bits per heavy atom. The Labute approximate surface area is 360 Å². The third kappa shape index (κ3) is 41.2. The molecule has 0 rings (SSSR count). The molecule has 0 spiro atoms. The molecule has 0 bridgehead atoms. The number of carbonyl (C=O) groups is 1. The predicted octanol–water partition coefficient (Wildman–Crippen LogP) is 12.7. The summed E-state index contributed by atoms with van der Waals surface area (Å²) < 4.78 is 89.6. The molecule has 0 aromatic carbocycles. The Balaban J connectivity index is 4.88. The average Bonchev–Trinajstić information content (AvgIpc) is 3.21. The van der Waals surface area contributed by atoms with Gasteiger partial charge in [-0.25, -0.2) is 0 Å². The smallest absolute Gasteiger partial charge is 0.268 e. The van der Waals surface area contributed by atoms with Crippen LogP contribution in [-0.4, -0.2) is 68.3 Å². The normalized spacial score (nSPS) is 17.5. The molecule has 3 atom stereocenters. The van der Waals surface area contributed by atoms with E-state index in [2.05, 4.69) is 31.3 Å². The number of unbranched alkanes of at least 4 members (excludes halogenated alkanes) is 28. The van der Waals surface area contributed by atoms with Gasteiger partial charge in [-0.3, -0.25) is 9.36 Å². The fourth-order valence-corrected chi connectivity index (χ4v) is 7.44. The minimum absolute atomic E-state index is 0.171. The van der Waals surface area contributed by atoms with E-state index in [0.717, 1.165) is 44.9 Å². The van der Waals surface area contributed by atoms with Crippen LogP contribution in [0.1, 0.15) is 232 Å². The zero-order valence-electron chi connectivity index (χ0n) is 45.1. The lowest BCUT2D eigenvalue weighted by molar-refractivity contribution is -0.870. The van der Waals surface area contributed by atoms with Gasteiger partial charge in [-0.15, -0.1) is 0 Å². The molecular formula is C47H93N2O6P. The van der Waals surface area contributed by atoms with Crippen LogP contribution in [0.15, 0.2) is 24.3 Å². The number of allylic oxidation sites excluding steroid dienone is 3. The Hall–Kier alpha value is -1.02. The van der Waals surface area contributed by atoms with E-state index in [1.54, 1.807) is 6.08 Å². The standard InChI is InChI=1S/C47H93N2O6P/c1-6-8-10-12-14-16-18-20-21-22-23-24-25-26-27-29-31-33-35-37-39-41-47(51)48-45(44-55-56(52,53)54-43-42-49(3,4)5)46(50)40-38-36-34-32-30-28-19-17-15-13-11-9-7-2/h20-21,38,40,45-46,50H,6-19,22-37,39,41-44H2,1-5H3,(H-,48,51,52,53)/b21-20-,40-38+/t45-,46+/m0/s1/i3D3,4D3,5D3. The second kappa shape index (κ2) is 39.4. The molecular weight excluding hydrogens is 719 g/mol. The number of hydrogen-bond acceptors (Lipinski definition) is 6. The van der Waals surface area contributed by atoms with Crippen LogP contribution in [-0.2, 0) is 18.4 Å². The number of aliphatic hydroxyl groups excluding tert-OH is 1. The number of aliphatic hydroxyl groups is 1. The third-order valence-corrected chi connectivity index (χ3v) is 11.3. The lowest BCUT2D eigenvalue weighted by Crippen LogP contribution is -2.45. The van der Waals surface area contributed by atoms with Gasteiger partial charge in [0.1, 0.15) is 13.2 Å². The Morgan fingerprint density at radius 2 is 1.04 bits per heavy atom. The summed E-state index contributed by atoms with van der Waals surface area (Å²) in [6.07, 6.45) is 43.5. The van der Waals surface area contributed by atoms with Crippen molar-refractivity contribution < 1.29 is 45.2 Å². The molecule has 8 nitrogen and oxygen atoms in total. The highest BCUT2D eigenvalue weighted by Crippen LogP contribution is 2.38. The van der Waals surface area contributed by atoms with Crippen LogP contribution >= 0.6 is 7.82 Å². The Morgan fingerprint density at radius 1 is 0.643 bits per heavy atom. The molecule has 332 valence electrons. The van der Waals surface area contributed by atoms with Crippen LogP contribution in [0.4, 0.5) is 0 Å². The molecule has 0 fully saturated rings. The second-order valence-electron chi connectivity index (χ2n) is 16.0. The summed E-state index contributed by atoms with van der Waals surface area (Å²) in [5.41, 5.74) is 0. The van der Waals surface area contributed by atoms with Crippen molar-refractivity contribution in [2.24, 2.45) is 0 Å². The number of likely N-dealkylation sites (N-methyl/N-ethyl adjacent to an activating group) is 1. The number of rotatable bonds is 43. The first-order valence-corrected chi connectivity index (χ1v) is 24.5. The molecule has 0 radical (unpaired) electrons. The summed E-state index contributed by atoms with van der Waals surface area (Å²) in [5, 5.41) is 13.7. The Kier molecular flexibility index (Phi) is 28.4. The third-order valence-electron chi connectivity index (χ3n) is 10.3. The van der Waals surface area contributed by atoms with Crippen LogP contribution in [0.3, 0.4) is 0 Å². The van der Waals surface area contributed by atoms with Crippen molar-refractivity contribution in [2.75, 3.05) is 40.7 Å². The zero-order valence-corrected chi connectivity index (χ0v) is 37.0. The van der Waals surface area contributed by atoms with Gasteiger partial charge in [-0.05, 0) is 44.9 Å². The number of nitrogens with one attached hydrogen (secondary N) is 1. The van der Waals surface area contributed by atoms with Gasteiger partial charge in [0.2, 0.25) is 5.91 Å². The first-order valence-electron chi connectivity index (χ1n) is 27.5. The Bertz CT molecular complexity index is 1230. The van der Waals surface area contributed by atoms with E-state index in [0.29, 0.717) is 12.8 Å². The zero-order chi connectivity index (χ0) is 48.9. The van der Waals surface area contributed by atoms with Gasteiger partial charge in [-0.1, -0.05) is 192 Å². The lowest BCUT2D eigenvalue weighted by atomic mass is 10.0. The molecule has 0 aliphatic rings. The summed E-state index contributed by atoms with van der Waals surface area (Å²) in [6.45, 7) is -9.32. The first kappa shape index (κ1) is 40.4. The number of nitrogens with zero attached hydrogens (tertiary/aromatic N) is 1. The molecule has 9 heteroatoms. The monoisotopic (exact) mass is 822 g/mol. The number of phosphoric ester groups is 1. The fourth-order valence-electron chi connectivity index (χ4n) is 6.72. The average molecular weight is 822 g/mol. The predicted molar refractivity (Wildman–Crippen MR) is 238 cm³/mol. The number of phosphoric acid groups is 1. The van der Waals surface area contributed by atoms with E-state index in [1.807, 2.05) is 0 Å². The SMILES string of the molecule is [2H]C([2H])([2H])[N+](CCOP(=O)([O-])OC[C@H](NC(=O)CCCCCCCCCCCCC/C=C\CCCCCCCC)[C@H](O)/C=C/CCCCCCCCCCCCC)(C([2H])([2H])[2H])C([2H])([2H])[2H]. The van der Waals surface area contributed by atoms with E-state index in [9.17, 15) is 19.4 Å². The summed E-state index contributed by atoms with van der Waals surface area (Å²) in [5.74, 6) is -0.388. The van der Waals surface area contributed by atoms with Crippen molar-refractivity contribution in [3.63, 3.8) is 0 Å². The molecule has 0 heterocycles. The topological polar surface area (TPSA) is 108 Å². The van der Waals surface area contributed by atoms with Gasteiger partial charge >= 0.3 is 0 Å². The summed E-state index contributed by atoms with van der Waals surface area (Å²) in [6, 6.07) is -1.18. The van der Waals surface area contributed by atoms with E-state index in [1.165, 1.54) is 147 Å². The number of carbonyl (C=O) groups excluding carboxylic acids is 1. The van der Waals surface area contributed by atoms with E-state index in [-0.39, 0.29) is 12.3 Å². The lowest BCUT2D eigenvalue weighted by Gasteiger charge is -2.29. The van der Waals surface area contributed by atoms with Gasteiger partial charge < -0.3 is 28.8 Å². The molecule has 0 aliphatic heterocycles. The molecule has 0 saturated carbocycles. The first-order chi connectivity index (χ1) is 30.8. The van der Waals surface area contributed by atoms with Crippen LogP contribution in [0.25, 0.3) is 0 Å². The number of quaternary nitrogens is 1. The van der Waals surface area contributed by atoms with Gasteiger partial charge in [0.25, 0.3) is 7.82 Å². The number of hydrogen-bond donors (Lipinski definition) is 2. The van der Waals surface area contributed by atoms with Crippen molar-refractivity contribution in [1.82, 2.24) is 5.32 Å². The minimum atomic E-state index is -5.29. The summed E-state index contributed by atoms with van der Waals surface area (Å²) in [7, 11) is -5.29. The highest BCUT2D eigenvalue weighted by molar-refractivity contribution is 7.45. The maximum Gasteiger partial charge on any atom is 0.268 e. The highest BCUT2D eigenvalue weighted by atomic mass is 31.2. The summed E-state index contributed by atoms with van der Waals surface area (Å²) >= 11 is 0. The molecule has 1 amide bonds. The van der Waals surface area contributed by atoms with Crippen molar-refractivity contribution >= 4 is 13.7 Å². The highest BCUT2D eigenvalue weighted by Gasteiger charge is 2.23. The molecule has 0 saturated heterocycles. The van der Waals surface area contributed by atoms with Crippen molar-refractivity contribution in [3.8, 4) is 0 Å². The quantitative estimate of drug-likeness (QED) is 0.0274. The van der Waals surface area contributed by atoms with E-state index in [4.69, 9.17) is 21.4 Å². The molecule has 0 aromatic rings. The van der Waals surface area contributed by atoms with Crippen LogP contribution in [0.2, 0.25) is 0 Å². The largest absolute Gasteiger partial charge is 0.756 e. The maximum absolute atomic E-state index is 13.0. The molecule has 2 N–H and O–H groups in total. The van der Waals surface area contributed by atoms with Gasteiger partial charge in [0, 0.05) is 6.42 Å². The van der Waals surface area contributed by atoms with Crippen molar-refractivity contribution in [1.29, 1.82) is 0 Å². The van der Waals surface area contributed by atoms with E-state index >= 15 is 0 Å². The molecule has 1 unspecified atom stereocenters. The molecule has 0 aliphatic carbocycles. The van der Waals surface area contributed by atoms with E-state index < -0.39 is 65.1 Å². The minimum Gasteiger partial charge on any atom is -0.756 e. The number of amides is 1.